The van der Waals surface area contributed by atoms with Crippen LogP contribution in [0.5, 0.6) is 0 Å². The van der Waals surface area contributed by atoms with Gasteiger partial charge >= 0.3 is 0 Å². The average Bonchev–Trinajstić information content (AvgIpc) is 2.52. The number of aromatic nitrogens is 2. The van der Waals surface area contributed by atoms with Crippen LogP contribution >= 0.6 is 0 Å². The summed E-state index contributed by atoms with van der Waals surface area (Å²) in [4.78, 5) is 11.1. The second-order valence-corrected chi connectivity index (χ2v) is 5.94. The Morgan fingerprint density at radius 3 is 2.39 bits per heavy atom. The van der Waals surface area contributed by atoms with Gasteiger partial charge < -0.3 is 15.5 Å². The smallest absolute Gasteiger partial charge is 0.136 e. The van der Waals surface area contributed by atoms with Crippen molar-refractivity contribution in [1.29, 1.82) is 0 Å². The Hall–Kier alpha value is -2.14. The second kappa shape index (κ2) is 8.48. The van der Waals surface area contributed by atoms with E-state index in [4.69, 9.17) is 0 Å². The number of hydrogen-bond donors (Lipinski definition) is 2. The van der Waals surface area contributed by atoms with Crippen molar-refractivity contribution < 1.29 is 0 Å². The molecular formula is C18H27N5. The van der Waals surface area contributed by atoms with Crippen molar-refractivity contribution in [2.45, 2.75) is 26.7 Å². The molecule has 0 radical (unpaired) electrons. The molecule has 1 aromatic heterocycles. The first-order valence-electron chi connectivity index (χ1n) is 8.17. The van der Waals surface area contributed by atoms with Crippen LogP contribution in [-0.4, -0.2) is 42.1 Å². The normalized spacial score (nSPS) is 10.8. The summed E-state index contributed by atoms with van der Waals surface area (Å²) in [5.74, 6) is 2.44. The number of rotatable bonds is 8. The fraction of sp³-hybridized carbons (Fsp3) is 0.444. The van der Waals surface area contributed by atoms with Crippen LogP contribution in [0.4, 0.5) is 17.3 Å². The number of benzene rings is 1. The predicted molar refractivity (Wildman–Crippen MR) is 97.5 cm³/mol. The van der Waals surface area contributed by atoms with Crippen LogP contribution < -0.4 is 10.6 Å². The van der Waals surface area contributed by atoms with Crippen LogP contribution in [0.2, 0.25) is 0 Å². The van der Waals surface area contributed by atoms with Gasteiger partial charge in [-0.1, -0.05) is 19.1 Å². The van der Waals surface area contributed by atoms with Crippen LogP contribution in [0.25, 0.3) is 0 Å². The maximum absolute atomic E-state index is 4.46. The zero-order valence-corrected chi connectivity index (χ0v) is 14.6. The van der Waals surface area contributed by atoms with Gasteiger partial charge in [0.15, 0.2) is 0 Å². The maximum atomic E-state index is 4.46. The first-order chi connectivity index (χ1) is 11.1. The second-order valence-electron chi connectivity index (χ2n) is 5.94. The standard InChI is InChI=1S/C18H27N5/c1-5-15-7-9-16(10-8-15)22-18-13-17(20-14(2)21-18)19-11-6-12-23(3)4/h7-10,13H,5-6,11-12H2,1-4H3,(H2,19,20,21,22). The highest BCUT2D eigenvalue weighted by Gasteiger charge is 2.03. The van der Waals surface area contributed by atoms with E-state index in [0.717, 1.165) is 49.1 Å². The van der Waals surface area contributed by atoms with E-state index < -0.39 is 0 Å². The molecule has 0 aliphatic carbocycles. The van der Waals surface area contributed by atoms with Gasteiger partial charge in [-0.15, -0.1) is 0 Å². The fourth-order valence-corrected chi connectivity index (χ4v) is 2.31. The van der Waals surface area contributed by atoms with Crippen molar-refractivity contribution in [3.63, 3.8) is 0 Å². The summed E-state index contributed by atoms with van der Waals surface area (Å²) in [6, 6.07) is 10.4. The van der Waals surface area contributed by atoms with Gasteiger partial charge in [0, 0.05) is 18.3 Å². The Labute approximate surface area is 139 Å². The van der Waals surface area contributed by atoms with Gasteiger partial charge in [-0.05, 0) is 58.1 Å². The predicted octanol–water partition coefficient (Wildman–Crippen LogP) is 3.45. The lowest BCUT2D eigenvalue weighted by molar-refractivity contribution is 0.405. The highest BCUT2D eigenvalue weighted by atomic mass is 15.1. The van der Waals surface area contributed by atoms with Gasteiger partial charge in [0.25, 0.3) is 0 Å². The van der Waals surface area contributed by atoms with Gasteiger partial charge in [0.05, 0.1) is 0 Å². The van der Waals surface area contributed by atoms with Gasteiger partial charge in [0.2, 0.25) is 0 Å². The fourth-order valence-electron chi connectivity index (χ4n) is 2.31. The summed E-state index contributed by atoms with van der Waals surface area (Å²) in [7, 11) is 4.17. The van der Waals surface area contributed by atoms with E-state index in [9.17, 15) is 0 Å². The first kappa shape index (κ1) is 17.2. The summed E-state index contributed by atoms with van der Waals surface area (Å²) >= 11 is 0. The molecule has 0 saturated carbocycles. The molecule has 2 aromatic rings. The summed E-state index contributed by atoms with van der Waals surface area (Å²) < 4.78 is 0. The van der Waals surface area contributed by atoms with Crippen LogP contribution in [-0.2, 0) is 6.42 Å². The minimum atomic E-state index is 0.760. The van der Waals surface area contributed by atoms with Crippen LogP contribution in [0.3, 0.4) is 0 Å². The van der Waals surface area contributed by atoms with Crippen molar-refractivity contribution in [1.82, 2.24) is 14.9 Å². The van der Waals surface area contributed by atoms with Gasteiger partial charge in [-0.25, -0.2) is 9.97 Å². The number of hydrogen-bond acceptors (Lipinski definition) is 5. The summed E-state index contributed by atoms with van der Waals surface area (Å²) in [6.07, 6.45) is 2.13. The van der Waals surface area contributed by atoms with Crippen LogP contribution in [0, 0.1) is 6.92 Å². The SMILES string of the molecule is CCc1ccc(Nc2cc(NCCCN(C)C)nc(C)n2)cc1. The minimum Gasteiger partial charge on any atom is -0.370 e. The molecule has 0 spiro atoms. The molecule has 0 bridgehead atoms. The quantitative estimate of drug-likeness (QED) is 0.731. The summed E-state index contributed by atoms with van der Waals surface area (Å²) in [5.41, 5.74) is 2.37. The van der Waals surface area contributed by atoms with Crippen molar-refractivity contribution >= 4 is 17.3 Å². The Morgan fingerprint density at radius 1 is 1.04 bits per heavy atom. The van der Waals surface area contributed by atoms with Gasteiger partial charge in [-0.2, -0.15) is 0 Å². The molecule has 2 N–H and O–H groups in total. The number of nitrogens with one attached hydrogen (secondary N) is 2. The highest BCUT2D eigenvalue weighted by molar-refractivity contribution is 5.59. The maximum Gasteiger partial charge on any atom is 0.136 e. The molecule has 5 nitrogen and oxygen atoms in total. The molecule has 2 rings (SSSR count). The number of anilines is 3. The average molecular weight is 313 g/mol. The van der Waals surface area contributed by atoms with Crippen LogP contribution in [0.1, 0.15) is 24.7 Å². The van der Waals surface area contributed by atoms with E-state index >= 15 is 0 Å². The van der Waals surface area contributed by atoms with Crippen molar-refractivity contribution in [2.24, 2.45) is 0 Å². The zero-order chi connectivity index (χ0) is 16.7. The van der Waals surface area contributed by atoms with Crippen molar-refractivity contribution in [3.8, 4) is 0 Å². The molecule has 0 saturated heterocycles. The molecule has 1 heterocycles. The van der Waals surface area contributed by atoms with Gasteiger partial charge in [0.1, 0.15) is 17.5 Å². The largest absolute Gasteiger partial charge is 0.370 e. The molecule has 5 heteroatoms. The van der Waals surface area contributed by atoms with Crippen molar-refractivity contribution in [3.05, 3.63) is 41.7 Å². The topological polar surface area (TPSA) is 53.1 Å². The third kappa shape index (κ3) is 5.87. The molecule has 0 aliphatic heterocycles. The molecule has 0 fully saturated rings. The van der Waals surface area contributed by atoms with Crippen molar-refractivity contribution in [2.75, 3.05) is 37.8 Å². The monoisotopic (exact) mass is 313 g/mol. The molecule has 124 valence electrons. The molecule has 0 unspecified atom stereocenters. The zero-order valence-electron chi connectivity index (χ0n) is 14.6. The lowest BCUT2D eigenvalue weighted by Gasteiger charge is -2.12. The van der Waals surface area contributed by atoms with E-state index in [1.54, 1.807) is 0 Å². The molecule has 23 heavy (non-hydrogen) atoms. The third-order valence-electron chi connectivity index (χ3n) is 3.56. The number of nitrogens with zero attached hydrogens (tertiary/aromatic N) is 3. The minimum absolute atomic E-state index is 0.760. The molecule has 0 amide bonds. The highest BCUT2D eigenvalue weighted by Crippen LogP contribution is 2.18. The van der Waals surface area contributed by atoms with E-state index in [1.807, 2.05) is 13.0 Å². The summed E-state index contributed by atoms with van der Waals surface area (Å²) in [6.45, 7) is 6.03. The first-order valence-corrected chi connectivity index (χ1v) is 8.17. The molecule has 0 aliphatic rings. The lowest BCUT2D eigenvalue weighted by Crippen LogP contribution is -2.16. The Bertz CT molecular complexity index is 607. The Balaban J connectivity index is 1.98. The van der Waals surface area contributed by atoms with E-state index in [0.29, 0.717) is 0 Å². The molecule has 1 aromatic carbocycles. The van der Waals surface area contributed by atoms with E-state index in [2.05, 4.69) is 70.8 Å². The Morgan fingerprint density at radius 2 is 1.74 bits per heavy atom. The van der Waals surface area contributed by atoms with E-state index in [-0.39, 0.29) is 0 Å². The van der Waals surface area contributed by atoms with E-state index in [1.165, 1.54) is 5.56 Å². The molecule has 0 atom stereocenters. The van der Waals surface area contributed by atoms with Gasteiger partial charge in [-0.3, -0.25) is 0 Å². The molecular weight excluding hydrogens is 286 g/mol. The van der Waals surface area contributed by atoms with Crippen LogP contribution in [0.15, 0.2) is 30.3 Å². The summed E-state index contributed by atoms with van der Waals surface area (Å²) in [5, 5.41) is 6.71. The lowest BCUT2D eigenvalue weighted by atomic mass is 10.1. The number of aryl methyl sites for hydroxylation is 2. The third-order valence-corrected chi connectivity index (χ3v) is 3.56. The Kier molecular flexibility index (Phi) is 6.35.